The standard InChI is InChI=1S/C25H34ClFN3O9P/c1-14(2)37-22(33)15(3)29-40(35,39-18-9-5-8-17(12-18)16-6-4-7-16)36-13-19-21(32)25(26,27)23(38-19)30-11-10-20(31)28-24(30)34/h5,8-9,12,14-16,19,21,23,32H,4,6-7,10-11,13H2,1-3H3,(H,29,35)(H,28,31,34)/t15-,19+,21+,23+,25+,40?/m0/s1. The molecular formula is C25H34ClFN3O9P. The highest BCUT2D eigenvalue weighted by Gasteiger charge is 2.60. The molecule has 0 spiro atoms. The number of aliphatic hydroxyl groups is 1. The fourth-order valence-electron chi connectivity index (χ4n) is 4.53. The second-order valence-corrected chi connectivity index (χ2v) is 12.6. The second kappa shape index (κ2) is 12.3. The van der Waals surface area contributed by atoms with Gasteiger partial charge in [0.05, 0.1) is 12.7 Å². The number of urea groups is 1. The Balaban J connectivity index is 1.50. The predicted octanol–water partition coefficient (Wildman–Crippen LogP) is 3.32. The highest BCUT2D eigenvalue weighted by molar-refractivity contribution is 7.52. The first-order valence-corrected chi connectivity index (χ1v) is 15.1. The third kappa shape index (κ3) is 6.95. The number of hydrogen-bond donors (Lipinski definition) is 3. The molecule has 2 aliphatic heterocycles. The van der Waals surface area contributed by atoms with E-state index >= 15 is 4.39 Å². The van der Waals surface area contributed by atoms with E-state index in [0.717, 1.165) is 29.7 Å². The SMILES string of the molecule is CC(C)OC(=O)[C@H](C)NP(=O)(OC[C@H]1O[C@@H](N2CCC(=O)NC2=O)[C@@](F)(Cl)[C@@H]1O)Oc1cccc(C2CCC2)c1. The minimum atomic E-state index is -4.37. The minimum absolute atomic E-state index is 0.118. The quantitative estimate of drug-likeness (QED) is 0.194. The Labute approximate surface area is 236 Å². The molecular weight excluding hydrogens is 572 g/mol. The van der Waals surface area contributed by atoms with E-state index in [0.29, 0.717) is 5.92 Å². The van der Waals surface area contributed by atoms with Gasteiger partial charge in [-0.2, -0.15) is 5.09 Å². The van der Waals surface area contributed by atoms with Gasteiger partial charge < -0.3 is 19.1 Å². The van der Waals surface area contributed by atoms with Gasteiger partial charge in [0.15, 0.2) is 6.23 Å². The maximum absolute atomic E-state index is 15.4. The lowest BCUT2D eigenvalue weighted by molar-refractivity contribution is -0.149. The molecule has 40 heavy (non-hydrogen) atoms. The van der Waals surface area contributed by atoms with Crippen molar-refractivity contribution in [1.82, 2.24) is 15.3 Å². The topological polar surface area (TPSA) is 153 Å². The number of alkyl halides is 2. The van der Waals surface area contributed by atoms with Crippen molar-refractivity contribution in [2.75, 3.05) is 13.2 Å². The molecule has 2 heterocycles. The van der Waals surface area contributed by atoms with Gasteiger partial charge in [-0.05, 0) is 57.2 Å². The number of nitrogens with one attached hydrogen (secondary N) is 2. The molecule has 1 unspecified atom stereocenters. The zero-order valence-electron chi connectivity index (χ0n) is 22.4. The summed E-state index contributed by atoms with van der Waals surface area (Å²) in [5, 5.41) is 12.2. The van der Waals surface area contributed by atoms with E-state index < -0.39 is 68.0 Å². The summed E-state index contributed by atoms with van der Waals surface area (Å²) in [6.45, 7) is 3.85. The average molecular weight is 606 g/mol. The summed E-state index contributed by atoms with van der Waals surface area (Å²) < 4.78 is 51.3. The second-order valence-electron chi connectivity index (χ2n) is 10.4. The Morgan fingerprint density at radius 1 is 1.35 bits per heavy atom. The van der Waals surface area contributed by atoms with Crippen molar-refractivity contribution in [2.45, 2.75) is 88.1 Å². The first-order chi connectivity index (χ1) is 18.8. The van der Waals surface area contributed by atoms with Crippen LogP contribution in [-0.4, -0.2) is 76.8 Å². The van der Waals surface area contributed by atoms with Gasteiger partial charge in [-0.15, -0.1) is 0 Å². The Bertz CT molecular complexity index is 1170. The van der Waals surface area contributed by atoms with E-state index in [1.807, 2.05) is 11.4 Å². The third-order valence-electron chi connectivity index (χ3n) is 6.88. The van der Waals surface area contributed by atoms with E-state index in [4.69, 9.17) is 30.1 Å². The van der Waals surface area contributed by atoms with Crippen LogP contribution in [0.4, 0.5) is 9.18 Å². The van der Waals surface area contributed by atoms with Gasteiger partial charge in [-0.25, -0.2) is 13.8 Å². The third-order valence-corrected chi connectivity index (χ3v) is 8.93. The molecule has 4 rings (SSSR count). The van der Waals surface area contributed by atoms with Gasteiger partial charge in [0.25, 0.3) is 5.13 Å². The highest BCUT2D eigenvalue weighted by Crippen LogP contribution is 2.48. The molecule has 0 aromatic heterocycles. The molecule has 3 amide bonds. The number of hydrogen-bond acceptors (Lipinski definition) is 9. The van der Waals surface area contributed by atoms with Gasteiger partial charge in [0, 0.05) is 13.0 Å². The van der Waals surface area contributed by atoms with Crippen molar-refractivity contribution in [2.24, 2.45) is 0 Å². The van der Waals surface area contributed by atoms with Crippen molar-refractivity contribution in [3.05, 3.63) is 29.8 Å². The number of ether oxygens (including phenoxy) is 2. The number of aliphatic hydroxyl groups excluding tert-OH is 1. The van der Waals surface area contributed by atoms with Crippen LogP contribution in [0.1, 0.15) is 57.9 Å². The minimum Gasteiger partial charge on any atom is -0.462 e. The molecule has 12 nitrogen and oxygen atoms in total. The summed E-state index contributed by atoms with van der Waals surface area (Å²) in [6, 6.07) is 4.93. The summed E-state index contributed by atoms with van der Waals surface area (Å²) in [5.41, 5.74) is 1.00. The van der Waals surface area contributed by atoms with E-state index in [2.05, 4.69) is 5.09 Å². The number of carbonyl (C=O) groups excluding carboxylic acids is 3. The zero-order chi connectivity index (χ0) is 29.2. The number of halogens is 2. The van der Waals surface area contributed by atoms with Gasteiger partial charge in [-0.3, -0.25) is 24.3 Å². The number of amides is 3. The lowest BCUT2D eigenvalue weighted by Gasteiger charge is -2.34. The Morgan fingerprint density at radius 3 is 2.70 bits per heavy atom. The monoisotopic (exact) mass is 605 g/mol. The van der Waals surface area contributed by atoms with E-state index in [1.54, 1.807) is 32.0 Å². The smallest absolute Gasteiger partial charge is 0.459 e. The van der Waals surface area contributed by atoms with Crippen LogP contribution in [0.2, 0.25) is 0 Å². The van der Waals surface area contributed by atoms with E-state index in [1.165, 1.54) is 6.92 Å². The van der Waals surface area contributed by atoms with Gasteiger partial charge in [-0.1, -0.05) is 30.2 Å². The average Bonchev–Trinajstić information content (AvgIpc) is 3.05. The molecule has 15 heteroatoms. The Kier molecular flexibility index (Phi) is 9.43. The van der Waals surface area contributed by atoms with Crippen LogP contribution in [0.5, 0.6) is 5.75 Å². The molecule has 3 fully saturated rings. The Morgan fingerprint density at radius 2 is 2.08 bits per heavy atom. The summed E-state index contributed by atoms with van der Waals surface area (Å²) >= 11 is 5.95. The zero-order valence-corrected chi connectivity index (χ0v) is 24.0. The van der Waals surface area contributed by atoms with Gasteiger partial charge in [0.2, 0.25) is 5.91 Å². The molecule has 222 valence electrons. The number of nitrogens with zero attached hydrogens (tertiary/aromatic N) is 1. The fourth-order valence-corrected chi connectivity index (χ4v) is 6.33. The summed E-state index contributed by atoms with van der Waals surface area (Å²) in [7, 11) is -4.37. The lowest BCUT2D eigenvalue weighted by Crippen LogP contribution is -2.58. The van der Waals surface area contributed by atoms with Crippen LogP contribution < -0.4 is 14.9 Å². The molecule has 1 saturated carbocycles. The van der Waals surface area contributed by atoms with Gasteiger partial charge >= 0.3 is 19.7 Å². The first-order valence-electron chi connectivity index (χ1n) is 13.1. The van der Waals surface area contributed by atoms with Crippen molar-refractivity contribution in [3.63, 3.8) is 0 Å². The fraction of sp³-hybridized carbons (Fsp3) is 0.640. The molecule has 1 aliphatic carbocycles. The van der Waals surface area contributed by atoms with Gasteiger partial charge in [0.1, 0.15) is 24.0 Å². The maximum Gasteiger partial charge on any atom is 0.459 e. The summed E-state index contributed by atoms with van der Waals surface area (Å²) in [5.74, 6) is -0.687. The molecule has 3 aliphatic rings. The van der Waals surface area contributed by atoms with Crippen molar-refractivity contribution < 1.29 is 47.0 Å². The van der Waals surface area contributed by atoms with Crippen LogP contribution in [0, 0.1) is 0 Å². The summed E-state index contributed by atoms with van der Waals surface area (Å²) in [4.78, 5) is 37.0. The van der Waals surface area contributed by atoms with Crippen LogP contribution >= 0.6 is 19.3 Å². The van der Waals surface area contributed by atoms with Crippen LogP contribution in [0.15, 0.2) is 24.3 Å². The molecule has 1 aromatic rings. The number of benzene rings is 1. The first kappa shape index (κ1) is 30.7. The normalized spacial score (nSPS) is 29.5. The van der Waals surface area contributed by atoms with Crippen LogP contribution in [-0.2, 0) is 28.2 Å². The number of esters is 1. The lowest BCUT2D eigenvalue weighted by atomic mass is 9.80. The van der Waals surface area contributed by atoms with Crippen molar-refractivity contribution in [3.8, 4) is 5.75 Å². The molecule has 0 bridgehead atoms. The van der Waals surface area contributed by atoms with Crippen molar-refractivity contribution in [1.29, 1.82) is 0 Å². The molecule has 2 saturated heterocycles. The number of rotatable bonds is 11. The van der Waals surface area contributed by atoms with Crippen LogP contribution in [0.25, 0.3) is 0 Å². The highest BCUT2D eigenvalue weighted by atomic mass is 35.5. The van der Waals surface area contributed by atoms with E-state index in [-0.39, 0.29) is 18.7 Å². The molecule has 1 aromatic carbocycles. The number of carbonyl (C=O) groups is 3. The number of imide groups is 1. The summed E-state index contributed by atoms with van der Waals surface area (Å²) in [6.07, 6.45) is -2.65. The molecule has 0 radical (unpaired) electrons. The van der Waals surface area contributed by atoms with E-state index in [9.17, 15) is 24.1 Å². The molecule has 3 N–H and O–H groups in total. The maximum atomic E-state index is 15.4. The largest absolute Gasteiger partial charge is 0.462 e. The van der Waals surface area contributed by atoms with Crippen molar-refractivity contribution >= 4 is 37.3 Å². The Hall–Kier alpha value is -2.28. The molecule has 6 atom stereocenters. The predicted molar refractivity (Wildman–Crippen MR) is 140 cm³/mol. The van der Waals surface area contributed by atoms with Crippen LogP contribution in [0.3, 0.4) is 0 Å².